The predicted molar refractivity (Wildman–Crippen MR) is 110 cm³/mol. The highest BCUT2D eigenvalue weighted by molar-refractivity contribution is 5.79. The summed E-state index contributed by atoms with van der Waals surface area (Å²) in [6.07, 6.45) is 9.99. The smallest absolute Gasteiger partial charge is 0.225 e. The van der Waals surface area contributed by atoms with E-state index in [0.717, 1.165) is 25.1 Å². The van der Waals surface area contributed by atoms with Crippen LogP contribution in [0, 0.1) is 26.7 Å². The van der Waals surface area contributed by atoms with Crippen LogP contribution in [0.3, 0.4) is 0 Å². The van der Waals surface area contributed by atoms with Crippen LogP contribution in [0.25, 0.3) is 0 Å². The van der Waals surface area contributed by atoms with Gasteiger partial charge in [-0.15, -0.1) is 0 Å². The highest BCUT2D eigenvalue weighted by atomic mass is 16.2. The van der Waals surface area contributed by atoms with Crippen LogP contribution in [0.2, 0.25) is 0 Å². The minimum Gasteiger partial charge on any atom is -0.349 e. The maximum Gasteiger partial charge on any atom is 0.225 e. The quantitative estimate of drug-likeness (QED) is 0.825. The van der Waals surface area contributed by atoms with Crippen LogP contribution in [0.1, 0.15) is 75.2 Å². The molecule has 1 saturated heterocycles. The Bertz CT molecular complexity index is 639. The molecule has 2 aliphatic rings. The number of piperidine rings is 1. The molecule has 1 saturated carbocycles. The molecule has 0 bridgehead atoms. The van der Waals surface area contributed by atoms with Gasteiger partial charge in [0.1, 0.15) is 0 Å². The first-order valence-corrected chi connectivity index (χ1v) is 11.0. The first kappa shape index (κ1) is 20.4. The Labute approximate surface area is 164 Å². The zero-order valence-corrected chi connectivity index (χ0v) is 17.8. The minimum atomic E-state index is -0.0671. The van der Waals surface area contributed by atoms with E-state index >= 15 is 0 Å². The van der Waals surface area contributed by atoms with E-state index in [-0.39, 0.29) is 17.4 Å². The number of carbonyl (C=O) groups excluding carboxylic acids is 1. The fraction of sp³-hybridized carbons (Fsp3) is 0.818. The van der Waals surface area contributed by atoms with E-state index < -0.39 is 0 Å². The van der Waals surface area contributed by atoms with Gasteiger partial charge in [-0.1, -0.05) is 32.6 Å². The van der Waals surface area contributed by atoms with Crippen molar-refractivity contribution in [2.45, 2.75) is 91.1 Å². The van der Waals surface area contributed by atoms with E-state index in [1.54, 1.807) is 0 Å². The number of carbonyl (C=O) groups is 1. The SMILES string of the molecule is Cc1nn(C[C@@H](C)C(=O)NC2(CN3CCCCC3)CCCCC2)c(C)c1C. The van der Waals surface area contributed by atoms with Crippen LogP contribution in [0.5, 0.6) is 0 Å². The maximum atomic E-state index is 13.1. The number of hydrogen-bond donors (Lipinski definition) is 1. The molecule has 1 aromatic rings. The molecule has 0 aromatic carbocycles. The lowest BCUT2D eigenvalue weighted by Gasteiger charge is -2.43. The molecule has 0 radical (unpaired) electrons. The van der Waals surface area contributed by atoms with Crippen LogP contribution < -0.4 is 5.32 Å². The van der Waals surface area contributed by atoms with E-state index in [1.807, 2.05) is 18.5 Å². The van der Waals surface area contributed by atoms with E-state index in [2.05, 4.69) is 29.2 Å². The zero-order chi connectivity index (χ0) is 19.4. The molecule has 2 heterocycles. The van der Waals surface area contributed by atoms with Gasteiger partial charge in [0, 0.05) is 12.2 Å². The van der Waals surface area contributed by atoms with Crippen LogP contribution in [-0.4, -0.2) is 45.8 Å². The number of rotatable bonds is 6. The summed E-state index contributed by atoms with van der Waals surface area (Å²) in [5.74, 6) is 0.127. The molecule has 1 atom stereocenters. The lowest BCUT2D eigenvalue weighted by Crippen LogP contribution is -2.58. The zero-order valence-electron chi connectivity index (χ0n) is 17.8. The average Bonchev–Trinajstić information content (AvgIpc) is 2.90. The van der Waals surface area contributed by atoms with Crippen LogP contribution >= 0.6 is 0 Å². The van der Waals surface area contributed by atoms with Crippen molar-refractivity contribution in [2.75, 3.05) is 19.6 Å². The Balaban J connectivity index is 1.65. The molecule has 0 unspecified atom stereocenters. The number of nitrogens with one attached hydrogen (secondary N) is 1. The van der Waals surface area contributed by atoms with Gasteiger partial charge in [-0.05, 0) is 65.1 Å². The van der Waals surface area contributed by atoms with E-state index in [0.29, 0.717) is 6.54 Å². The van der Waals surface area contributed by atoms with Gasteiger partial charge in [-0.2, -0.15) is 5.10 Å². The van der Waals surface area contributed by atoms with Crippen molar-refractivity contribution in [2.24, 2.45) is 5.92 Å². The molecule has 3 rings (SSSR count). The van der Waals surface area contributed by atoms with Crippen LogP contribution in [-0.2, 0) is 11.3 Å². The van der Waals surface area contributed by atoms with Gasteiger partial charge in [0.25, 0.3) is 0 Å². The van der Waals surface area contributed by atoms with Gasteiger partial charge in [0.15, 0.2) is 0 Å². The van der Waals surface area contributed by atoms with Gasteiger partial charge in [-0.25, -0.2) is 0 Å². The third-order valence-corrected chi connectivity index (χ3v) is 6.81. The number of nitrogens with zero attached hydrogens (tertiary/aromatic N) is 3. The minimum absolute atomic E-state index is 0.0219. The summed E-state index contributed by atoms with van der Waals surface area (Å²) in [6, 6.07) is 0. The molecule has 152 valence electrons. The second-order valence-electron chi connectivity index (χ2n) is 9.05. The molecule has 5 nitrogen and oxygen atoms in total. The molecule has 0 spiro atoms. The largest absolute Gasteiger partial charge is 0.349 e. The van der Waals surface area contributed by atoms with E-state index in [9.17, 15) is 4.79 Å². The topological polar surface area (TPSA) is 50.2 Å². The van der Waals surface area contributed by atoms with Crippen molar-refractivity contribution in [3.63, 3.8) is 0 Å². The third-order valence-electron chi connectivity index (χ3n) is 6.81. The van der Waals surface area contributed by atoms with Crippen molar-refractivity contribution in [1.29, 1.82) is 0 Å². The lowest BCUT2D eigenvalue weighted by atomic mass is 9.80. The van der Waals surface area contributed by atoms with Crippen molar-refractivity contribution in [3.8, 4) is 0 Å². The molecule has 1 amide bonds. The first-order valence-electron chi connectivity index (χ1n) is 11.0. The molecule has 27 heavy (non-hydrogen) atoms. The molecular weight excluding hydrogens is 336 g/mol. The summed E-state index contributed by atoms with van der Waals surface area (Å²) in [7, 11) is 0. The summed E-state index contributed by atoms with van der Waals surface area (Å²) in [6.45, 7) is 12.4. The Morgan fingerprint density at radius 3 is 2.30 bits per heavy atom. The predicted octanol–water partition coefficient (Wildman–Crippen LogP) is 3.75. The summed E-state index contributed by atoms with van der Waals surface area (Å²) in [5, 5.41) is 8.14. The van der Waals surface area contributed by atoms with Gasteiger partial charge >= 0.3 is 0 Å². The summed E-state index contributed by atoms with van der Waals surface area (Å²) in [5.41, 5.74) is 3.45. The fourth-order valence-electron chi connectivity index (χ4n) is 4.79. The average molecular weight is 375 g/mol. The maximum absolute atomic E-state index is 13.1. The molecular formula is C22H38N4O. The molecule has 1 N–H and O–H groups in total. The summed E-state index contributed by atoms with van der Waals surface area (Å²) in [4.78, 5) is 15.7. The van der Waals surface area contributed by atoms with Crippen LogP contribution in [0.15, 0.2) is 0 Å². The number of likely N-dealkylation sites (tertiary alicyclic amines) is 1. The van der Waals surface area contributed by atoms with Gasteiger partial charge in [0.05, 0.1) is 23.7 Å². The van der Waals surface area contributed by atoms with Gasteiger partial charge < -0.3 is 10.2 Å². The Hall–Kier alpha value is -1.36. The molecule has 1 aliphatic carbocycles. The second kappa shape index (κ2) is 8.76. The highest BCUT2D eigenvalue weighted by Gasteiger charge is 2.36. The van der Waals surface area contributed by atoms with Crippen molar-refractivity contribution >= 4 is 5.91 Å². The number of aryl methyl sites for hydroxylation is 1. The van der Waals surface area contributed by atoms with Crippen LogP contribution in [0.4, 0.5) is 0 Å². The molecule has 1 aromatic heterocycles. The standard InChI is InChI=1S/C22H38N4O/c1-17(15-26-20(4)18(2)19(3)24-26)21(27)23-22(11-7-5-8-12-22)16-25-13-9-6-10-14-25/h17H,5-16H2,1-4H3,(H,23,27)/t17-/m1/s1. The summed E-state index contributed by atoms with van der Waals surface area (Å²) < 4.78 is 2.01. The Kier molecular flexibility index (Phi) is 6.61. The van der Waals surface area contributed by atoms with Crippen molar-refractivity contribution < 1.29 is 4.79 Å². The Morgan fingerprint density at radius 2 is 1.70 bits per heavy atom. The van der Waals surface area contributed by atoms with E-state index in [1.165, 1.54) is 62.9 Å². The van der Waals surface area contributed by atoms with Crippen molar-refractivity contribution in [1.82, 2.24) is 20.0 Å². The monoisotopic (exact) mass is 374 g/mol. The molecule has 1 aliphatic heterocycles. The van der Waals surface area contributed by atoms with E-state index in [4.69, 9.17) is 0 Å². The molecule has 5 heteroatoms. The number of aromatic nitrogens is 2. The fourth-order valence-corrected chi connectivity index (χ4v) is 4.79. The number of hydrogen-bond acceptors (Lipinski definition) is 3. The van der Waals surface area contributed by atoms with Gasteiger partial charge in [-0.3, -0.25) is 9.48 Å². The normalized spacial score (nSPS) is 21.8. The first-order chi connectivity index (χ1) is 12.9. The second-order valence-corrected chi connectivity index (χ2v) is 9.05. The Morgan fingerprint density at radius 1 is 1.07 bits per heavy atom. The summed E-state index contributed by atoms with van der Waals surface area (Å²) >= 11 is 0. The third kappa shape index (κ3) is 4.92. The number of amides is 1. The molecule has 2 fully saturated rings. The lowest BCUT2D eigenvalue weighted by molar-refractivity contribution is -0.127. The van der Waals surface area contributed by atoms with Crippen molar-refractivity contribution in [3.05, 3.63) is 17.0 Å². The highest BCUT2D eigenvalue weighted by Crippen LogP contribution is 2.30. The van der Waals surface area contributed by atoms with Gasteiger partial charge in [0.2, 0.25) is 5.91 Å².